The zero-order chi connectivity index (χ0) is 31.2. The van der Waals surface area contributed by atoms with Gasteiger partial charge in [0.25, 0.3) is 0 Å². The van der Waals surface area contributed by atoms with Crippen molar-refractivity contribution in [3.8, 4) is 0 Å². The predicted octanol–water partition coefficient (Wildman–Crippen LogP) is 12.3. The summed E-state index contributed by atoms with van der Waals surface area (Å²) in [6.07, 6.45) is 48.6. The van der Waals surface area contributed by atoms with Crippen molar-refractivity contribution >= 4 is 11.9 Å². The molecule has 0 bridgehead atoms. The van der Waals surface area contributed by atoms with Crippen molar-refractivity contribution < 1.29 is 19.8 Å². The number of hydrogen-bond acceptors (Lipinski definition) is 2. The van der Waals surface area contributed by atoms with Gasteiger partial charge in [-0.2, -0.15) is 0 Å². The molecule has 2 N–H and O–H groups in total. The monoisotopic (exact) mass is 586 g/mol. The quantitative estimate of drug-likeness (QED) is 0.0675. The smallest absolute Gasteiger partial charge is 0.303 e. The van der Waals surface area contributed by atoms with E-state index in [4.69, 9.17) is 10.2 Å². The maximum atomic E-state index is 10.3. The molecule has 42 heavy (non-hydrogen) atoms. The van der Waals surface area contributed by atoms with Crippen LogP contribution in [0.2, 0.25) is 0 Å². The normalized spacial score (nSPS) is 11.9. The fraction of sp³-hybridized carbons (Fsp3) is 0.684. The molecule has 0 saturated heterocycles. The minimum atomic E-state index is -0.712. The Morgan fingerprint density at radius 3 is 1.12 bits per heavy atom. The minimum Gasteiger partial charge on any atom is -0.481 e. The third kappa shape index (κ3) is 44.7. The van der Waals surface area contributed by atoms with Gasteiger partial charge in [0.2, 0.25) is 0 Å². The van der Waals surface area contributed by atoms with Crippen LogP contribution in [0.4, 0.5) is 0 Å². The first-order chi connectivity index (χ1) is 20.5. The van der Waals surface area contributed by atoms with Crippen molar-refractivity contribution in [3.63, 3.8) is 0 Å². The van der Waals surface area contributed by atoms with Crippen molar-refractivity contribution in [1.29, 1.82) is 0 Å². The number of rotatable bonds is 29. The van der Waals surface area contributed by atoms with E-state index in [0.29, 0.717) is 6.42 Å². The number of carboxylic acid groups (broad SMARTS) is 2. The average Bonchev–Trinajstić information content (AvgIpc) is 2.97. The van der Waals surface area contributed by atoms with Crippen LogP contribution in [0.25, 0.3) is 0 Å². The highest BCUT2D eigenvalue weighted by molar-refractivity contribution is 5.66. The Kier molecular flexibility index (Phi) is 38.4. The Morgan fingerprint density at radius 1 is 0.381 bits per heavy atom. The Balaban J connectivity index is 0. The lowest BCUT2D eigenvalue weighted by Crippen LogP contribution is -1.93. The maximum absolute atomic E-state index is 10.3. The molecule has 4 nitrogen and oxygen atoms in total. The Labute approximate surface area is 260 Å². The Bertz CT molecular complexity index is 715. The second-order valence-corrected chi connectivity index (χ2v) is 11.1. The van der Waals surface area contributed by atoms with E-state index in [9.17, 15) is 9.59 Å². The lowest BCUT2D eigenvalue weighted by Gasteiger charge is -1.99. The van der Waals surface area contributed by atoms with E-state index in [0.717, 1.165) is 44.9 Å². The molecule has 0 amide bonds. The molecule has 242 valence electrons. The fourth-order valence-corrected chi connectivity index (χ4v) is 4.28. The average molecular weight is 587 g/mol. The van der Waals surface area contributed by atoms with Gasteiger partial charge in [0, 0.05) is 12.8 Å². The molecule has 0 rings (SSSR count). The number of hydrogen-bond donors (Lipinski definition) is 2. The van der Waals surface area contributed by atoms with E-state index in [1.807, 2.05) is 0 Å². The highest BCUT2D eigenvalue weighted by atomic mass is 16.4. The van der Waals surface area contributed by atoms with Crippen LogP contribution in [0.1, 0.15) is 168 Å². The van der Waals surface area contributed by atoms with Crippen LogP contribution in [-0.2, 0) is 9.59 Å². The SMILES string of the molecule is CCCCC/C=C\C/C=C\C/C=C\C/C=C\CCCC(=O)O.CCCCCCCC/C=C\CCCCCCCC(=O)O. The van der Waals surface area contributed by atoms with Crippen molar-refractivity contribution in [2.24, 2.45) is 0 Å². The Hall–Kier alpha value is -2.36. The summed E-state index contributed by atoms with van der Waals surface area (Å²) in [4.78, 5) is 20.6. The van der Waals surface area contributed by atoms with Crippen LogP contribution in [-0.4, -0.2) is 22.2 Å². The summed E-state index contributed by atoms with van der Waals surface area (Å²) in [7, 11) is 0. The molecule has 0 aromatic rings. The molecule has 0 aromatic carbocycles. The van der Waals surface area contributed by atoms with Crippen LogP contribution in [0.5, 0.6) is 0 Å². The van der Waals surface area contributed by atoms with Crippen LogP contribution >= 0.6 is 0 Å². The highest BCUT2D eigenvalue weighted by Gasteiger charge is 1.96. The maximum Gasteiger partial charge on any atom is 0.303 e. The summed E-state index contributed by atoms with van der Waals surface area (Å²) in [5.74, 6) is -1.38. The summed E-state index contributed by atoms with van der Waals surface area (Å²) in [5.41, 5.74) is 0. The van der Waals surface area contributed by atoms with Crippen LogP contribution < -0.4 is 0 Å². The summed E-state index contributed by atoms with van der Waals surface area (Å²) >= 11 is 0. The number of allylic oxidation sites excluding steroid dienone is 10. The van der Waals surface area contributed by atoms with E-state index < -0.39 is 11.9 Å². The summed E-state index contributed by atoms with van der Waals surface area (Å²) in [5, 5.41) is 17.0. The van der Waals surface area contributed by atoms with E-state index >= 15 is 0 Å². The third-order valence-corrected chi connectivity index (χ3v) is 6.87. The van der Waals surface area contributed by atoms with Gasteiger partial charge in [0.05, 0.1) is 0 Å². The summed E-state index contributed by atoms with van der Waals surface area (Å²) in [6.45, 7) is 4.49. The summed E-state index contributed by atoms with van der Waals surface area (Å²) < 4.78 is 0. The second kappa shape index (κ2) is 38.6. The van der Waals surface area contributed by atoms with Gasteiger partial charge in [-0.1, -0.05) is 139 Å². The van der Waals surface area contributed by atoms with Gasteiger partial charge < -0.3 is 10.2 Å². The molecule has 0 atom stereocenters. The minimum absolute atomic E-state index is 0.262. The molecule has 0 saturated carbocycles. The first-order valence-electron chi connectivity index (χ1n) is 17.2. The van der Waals surface area contributed by atoms with Gasteiger partial charge in [0.15, 0.2) is 0 Å². The molecule has 0 aliphatic rings. The molecule has 0 radical (unpaired) electrons. The van der Waals surface area contributed by atoms with Crippen molar-refractivity contribution in [1.82, 2.24) is 0 Å². The first kappa shape index (κ1) is 41.8. The molecule has 0 fully saturated rings. The third-order valence-electron chi connectivity index (χ3n) is 6.87. The number of aliphatic carboxylic acids is 2. The van der Waals surface area contributed by atoms with Crippen molar-refractivity contribution in [2.45, 2.75) is 168 Å². The highest BCUT2D eigenvalue weighted by Crippen LogP contribution is 2.10. The molecule has 4 heteroatoms. The van der Waals surface area contributed by atoms with Crippen LogP contribution in [0.15, 0.2) is 60.8 Å². The van der Waals surface area contributed by atoms with Gasteiger partial charge in [0.1, 0.15) is 0 Å². The molecular weight excluding hydrogens is 520 g/mol. The lowest BCUT2D eigenvalue weighted by molar-refractivity contribution is -0.138. The van der Waals surface area contributed by atoms with E-state index in [1.165, 1.54) is 96.3 Å². The van der Waals surface area contributed by atoms with Gasteiger partial charge in [-0.15, -0.1) is 0 Å². The van der Waals surface area contributed by atoms with Crippen LogP contribution in [0.3, 0.4) is 0 Å². The van der Waals surface area contributed by atoms with E-state index in [1.54, 1.807) is 0 Å². The molecule has 0 aliphatic heterocycles. The largest absolute Gasteiger partial charge is 0.481 e. The number of unbranched alkanes of at least 4 members (excludes halogenated alkanes) is 15. The van der Waals surface area contributed by atoms with Gasteiger partial charge in [-0.3, -0.25) is 9.59 Å². The zero-order valence-electron chi connectivity index (χ0n) is 27.5. The molecule has 0 spiro atoms. The summed E-state index contributed by atoms with van der Waals surface area (Å²) in [6, 6.07) is 0. The number of carboxylic acids is 2. The Morgan fingerprint density at radius 2 is 0.667 bits per heavy atom. The van der Waals surface area contributed by atoms with Crippen molar-refractivity contribution in [3.05, 3.63) is 60.8 Å². The molecule has 0 unspecified atom stereocenters. The molecule has 0 aliphatic carbocycles. The molecular formula is C38H66O4. The zero-order valence-corrected chi connectivity index (χ0v) is 27.5. The first-order valence-corrected chi connectivity index (χ1v) is 17.2. The standard InChI is InChI=1S/C20H32O2.C18H34O2/c1-2-3-4-5-6-7-8-9-10-11-12-13-14-15-16-17-18-19-20(21)22;1-2-3-4-5-6-7-8-9-10-11-12-13-14-15-16-17-18(19)20/h6-7,9-10,12-13,15-16H,2-5,8,11,14,17-19H2,1H3,(H,21,22);9-10H,2-8,11-17H2,1H3,(H,19,20)/b7-6-,10-9-,13-12-,16-15-;10-9-. The molecule has 0 aromatic heterocycles. The van der Waals surface area contributed by atoms with Crippen molar-refractivity contribution in [2.75, 3.05) is 0 Å². The van der Waals surface area contributed by atoms with E-state index in [-0.39, 0.29) is 6.42 Å². The van der Waals surface area contributed by atoms with Gasteiger partial charge >= 0.3 is 11.9 Å². The van der Waals surface area contributed by atoms with Gasteiger partial charge in [-0.05, 0) is 77.0 Å². The predicted molar refractivity (Wildman–Crippen MR) is 183 cm³/mol. The van der Waals surface area contributed by atoms with Gasteiger partial charge in [-0.25, -0.2) is 0 Å². The lowest BCUT2D eigenvalue weighted by atomic mass is 10.1. The second-order valence-electron chi connectivity index (χ2n) is 11.1. The van der Waals surface area contributed by atoms with E-state index in [2.05, 4.69) is 74.6 Å². The fourth-order valence-electron chi connectivity index (χ4n) is 4.28. The van der Waals surface area contributed by atoms with Crippen LogP contribution in [0, 0.1) is 0 Å². The molecule has 0 heterocycles. The topological polar surface area (TPSA) is 74.6 Å². The number of carbonyl (C=O) groups is 2.